The first-order valence-corrected chi connectivity index (χ1v) is 5.95. The van der Waals surface area contributed by atoms with Crippen LogP contribution in [0.15, 0.2) is 29.3 Å². The number of nitrogens with zero attached hydrogens (tertiary/aromatic N) is 1. The predicted molar refractivity (Wildman–Crippen MR) is 68.2 cm³/mol. The van der Waals surface area contributed by atoms with Crippen LogP contribution in [0.1, 0.15) is 18.9 Å². The lowest BCUT2D eigenvalue weighted by atomic mass is 10.1. The van der Waals surface area contributed by atoms with Gasteiger partial charge in [-0.05, 0) is 37.6 Å². The van der Waals surface area contributed by atoms with Crippen LogP contribution in [0, 0.1) is 0 Å². The van der Waals surface area contributed by atoms with Crippen LogP contribution < -0.4 is 10.1 Å². The molecule has 96 valence electrons. The minimum atomic E-state index is -0.975. The highest BCUT2D eigenvalue weighted by Crippen LogP contribution is 2.14. The van der Waals surface area contributed by atoms with Crippen molar-refractivity contribution in [1.29, 1.82) is 0 Å². The molecule has 1 atom stereocenters. The summed E-state index contributed by atoms with van der Waals surface area (Å²) >= 11 is 0. The molecule has 1 aromatic carbocycles. The second kappa shape index (κ2) is 5.53. The SMILES string of the molecule is CC(Oc1ccc(C2=NCCCN2)cc1)C(=O)O. The fraction of sp³-hybridized carbons (Fsp3) is 0.385. The molecule has 0 aliphatic carbocycles. The molecule has 18 heavy (non-hydrogen) atoms. The molecule has 0 bridgehead atoms. The maximum Gasteiger partial charge on any atom is 0.344 e. The first kappa shape index (κ1) is 12.4. The van der Waals surface area contributed by atoms with Gasteiger partial charge >= 0.3 is 5.97 Å². The summed E-state index contributed by atoms with van der Waals surface area (Å²) in [6, 6.07) is 7.27. The van der Waals surface area contributed by atoms with Gasteiger partial charge in [0, 0.05) is 18.7 Å². The van der Waals surface area contributed by atoms with Gasteiger partial charge in [0.2, 0.25) is 0 Å². The number of benzene rings is 1. The number of carboxylic acids is 1. The zero-order valence-electron chi connectivity index (χ0n) is 10.2. The Morgan fingerprint density at radius 3 is 2.72 bits per heavy atom. The number of carbonyl (C=O) groups is 1. The summed E-state index contributed by atoms with van der Waals surface area (Å²) in [5.41, 5.74) is 0.991. The minimum absolute atomic E-state index is 0.546. The van der Waals surface area contributed by atoms with Crippen molar-refractivity contribution in [2.24, 2.45) is 4.99 Å². The van der Waals surface area contributed by atoms with E-state index in [0.29, 0.717) is 5.75 Å². The fourth-order valence-corrected chi connectivity index (χ4v) is 1.67. The van der Waals surface area contributed by atoms with Gasteiger partial charge in [-0.25, -0.2) is 4.79 Å². The van der Waals surface area contributed by atoms with E-state index in [1.165, 1.54) is 6.92 Å². The number of amidine groups is 1. The summed E-state index contributed by atoms with van der Waals surface area (Å²) in [7, 11) is 0. The Bertz CT molecular complexity index is 454. The zero-order valence-corrected chi connectivity index (χ0v) is 10.2. The highest BCUT2D eigenvalue weighted by molar-refractivity contribution is 5.99. The van der Waals surface area contributed by atoms with Crippen molar-refractivity contribution in [2.45, 2.75) is 19.4 Å². The van der Waals surface area contributed by atoms with E-state index in [1.54, 1.807) is 12.1 Å². The molecule has 0 saturated carbocycles. The molecular formula is C13H16N2O3. The Labute approximate surface area is 105 Å². The van der Waals surface area contributed by atoms with Crippen LogP contribution in [-0.2, 0) is 4.79 Å². The Balaban J connectivity index is 2.05. The topological polar surface area (TPSA) is 70.9 Å². The Morgan fingerprint density at radius 1 is 1.44 bits per heavy atom. The van der Waals surface area contributed by atoms with Crippen molar-refractivity contribution >= 4 is 11.8 Å². The fourth-order valence-electron chi connectivity index (χ4n) is 1.67. The molecule has 1 aliphatic rings. The second-order valence-electron chi connectivity index (χ2n) is 4.13. The summed E-state index contributed by atoms with van der Waals surface area (Å²) in [4.78, 5) is 15.1. The summed E-state index contributed by atoms with van der Waals surface area (Å²) in [6.45, 7) is 3.28. The van der Waals surface area contributed by atoms with Crippen molar-refractivity contribution in [3.05, 3.63) is 29.8 Å². The molecule has 0 aromatic heterocycles. The van der Waals surface area contributed by atoms with E-state index in [0.717, 1.165) is 30.9 Å². The third-order valence-corrected chi connectivity index (χ3v) is 2.69. The molecule has 5 heteroatoms. The third-order valence-electron chi connectivity index (χ3n) is 2.69. The number of nitrogens with one attached hydrogen (secondary N) is 1. The maximum absolute atomic E-state index is 10.7. The van der Waals surface area contributed by atoms with E-state index in [1.807, 2.05) is 12.1 Å². The molecule has 0 fully saturated rings. The molecule has 1 aromatic rings. The van der Waals surface area contributed by atoms with E-state index in [-0.39, 0.29) is 0 Å². The largest absolute Gasteiger partial charge is 0.479 e. The highest BCUT2D eigenvalue weighted by Gasteiger charge is 2.12. The van der Waals surface area contributed by atoms with Crippen molar-refractivity contribution in [3.8, 4) is 5.75 Å². The summed E-state index contributed by atoms with van der Waals surface area (Å²) in [5.74, 6) is 0.460. The van der Waals surface area contributed by atoms with Crippen LogP contribution in [-0.4, -0.2) is 36.1 Å². The molecule has 0 saturated heterocycles. The average Bonchev–Trinajstić information content (AvgIpc) is 2.40. The Kier molecular flexibility index (Phi) is 3.82. The average molecular weight is 248 g/mol. The summed E-state index contributed by atoms with van der Waals surface area (Å²) in [5, 5.41) is 12.0. The first-order valence-electron chi connectivity index (χ1n) is 5.95. The number of hydrogen-bond donors (Lipinski definition) is 2. The number of ether oxygens (including phenoxy) is 1. The molecule has 1 heterocycles. The van der Waals surface area contributed by atoms with Crippen molar-refractivity contribution < 1.29 is 14.6 Å². The molecule has 0 amide bonds. The van der Waals surface area contributed by atoms with Crippen LogP contribution in [0.4, 0.5) is 0 Å². The first-order chi connectivity index (χ1) is 8.66. The molecule has 1 aliphatic heterocycles. The van der Waals surface area contributed by atoms with Crippen LogP contribution in [0.25, 0.3) is 0 Å². The monoisotopic (exact) mass is 248 g/mol. The minimum Gasteiger partial charge on any atom is -0.479 e. The van der Waals surface area contributed by atoms with Gasteiger partial charge in [0.25, 0.3) is 0 Å². The standard InChI is InChI=1S/C13H16N2O3/c1-9(13(16)17)18-11-5-3-10(4-6-11)12-14-7-2-8-15-12/h3-6,9H,2,7-8H2,1H3,(H,14,15)(H,16,17). The number of carboxylic acid groups (broad SMARTS) is 1. The molecule has 5 nitrogen and oxygen atoms in total. The van der Waals surface area contributed by atoms with Crippen molar-refractivity contribution in [1.82, 2.24) is 5.32 Å². The predicted octanol–water partition coefficient (Wildman–Crippen LogP) is 1.28. The van der Waals surface area contributed by atoms with E-state index >= 15 is 0 Å². The number of rotatable bonds is 4. The summed E-state index contributed by atoms with van der Waals surface area (Å²) in [6.07, 6.45) is 0.210. The Hall–Kier alpha value is -2.04. The number of aliphatic imine (C=N–C) groups is 1. The van der Waals surface area contributed by atoms with Gasteiger partial charge in [-0.1, -0.05) is 0 Å². The Morgan fingerprint density at radius 2 is 2.17 bits per heavy atom. The summed E-state index contributed by atoms with van der Waals surface area (Å²) < 4.78 is 5.26. The van der Waals surface area contributed by atoms with Gasteiger partial charge < -0.3 is 15.2 Å². The van der Waals surface area contributed by atoms with E-state index in [4.69, 9.17) is 9.84 Å². The lowest BCUT2D eigenvalue weighted by Crippen LogP contribution is -2.30. The van der Waals surface area contributed by atoms with E-state index in [2.05, 4.69) is 10.3 Å². The quantitative estimate of drug-likeness (QED) is 0.842. The third kappa shape index (κ3) is 3.00. The van der Waals surface area contributed by atoms with Gasteiger partial charge in [0.05, 0.1) is 0 Å². The molecular weight excluding hydrogens is 232 g/mol. The van der Waals surface area contributed by atoms with E-state index < -0.39 is 12.1 Å². The van der Waals surface area contributed by atoms with Crippen molar-refractivity contribution in [2.75, 3.05) is 13.1 Å². The van der Waals surface area contributed by atoms with Crippen LogP contribution in [0.5, 0.6) is 5.75 Å². The lowest BCUT2D eigenvalue weighted by molar-refractivity contribution is -0.144. The zero-order chi connectivity index (χ0) is 13.0. The van der Waals surface area contributed by atoms with Crippen LogP contribution in [0.2, 0.25) is 0 Å². The number of hydrogen-bond acceptors (Lipinski definition) is 4. The second-order valence-corrected chi connectivity index (χ2v) is 4.13. The maximum atomic E-state index is 10.7. The van der Waals surface area contributed by atoms with Crippen molar-refractivity contribution in [3.63, 3.8) is 0 Å². The van der Waals surface area contributed by atoms with Gasteiger partial charge in [0.15, 0.2) is 6.10 Å². The smallest absolute Gasteiger partial charge is 0.344 e. The molecule has 0 radical (unpaired) electrons. The molecule has 2 rings (SSSR count). The van der Waals surface area contributed by atoms with Crippen LogP contribution >= 0.6 is 0 Å². The molecule has 1 unspecified atom stereocenters. The molecule has 2 N–H and O–H groups in total. The highest BCUT2D eigenvalue weighted by atomic mass is 16.5. The normalized spacial score (nSPS) is 16.4. The van der Waals surface area contributed by atoms with Gasteiger partial charge in [-0.15, -0.1) is 0 Å². The van der Waals surface area contributed by atoms with Gasteiger partial charge in [-0.2, -0.15) is 0 Å². The molecule has 0 spiro atoms. The number of aliphatic carboxylic acids is 1. The lowest BCUT2D eigenvalue weighted by Gasteiger charge is -2.15. The van der Waals surface area contributed by atoms with Crippen LogP contribution in [0.3, 0.4) is 0 Å². The van der Waals surface area contributed by atoms with Gasteiger partial charge in [0.1, 0.15) is 11.6 Å². The van der Waals surface area contributed by atoms with E-state index in [9.17, 15) is 4.79 Å². The van der Waals surface area contributed by atoms with Gasteiger partial charge in [-0.3, -0.25) is 4.99 Å².